The van der Waals surface area contributed by atoms with Crippen LogP contribution in [-0.4, -0.2) is 31.1 Å². The molecule has 0 spiro atoms. The van der Waals surface area contributed by atoms with E-state index in [1.807, 2.05) is 21.6 Å². The first-order valence-electron chi connectivity index (χ1n) is 17.6. The van der Waals surface area contributed by atoms with Gasteiger partial charge in [-0.1, -0.05) is 28.5 Å². The van der Waals surface area contributed by atoms with Crippen molar-refractivity contribution < 1.29 is 9.13 Å². The van der Waals surface area contributed by atoms with E-state index in [1.165, 1.54) is 90.9 Å². The Morgan fingerprint density at radius 3 is 1.89 bits per heavy atom. The Labute approximate surface area is 289 Å². The number of fused-ring (bicyclic) bond motifs is 1. The zero-order chi connectivity index (χ0) is 31.8. The number of hydrogen-bond donors (Lipinski definition) is 1. The lowest BCUT2D eigenvalue weighted by molar-refractivity contribution is -0.694. The number of hydrogen-bond acceptors (Lipinski definition) is 4. The van der Waals surface area contributed by atoms with Crippen molar-refractivity contribution in [1.29, 1.82) is 0 Å². The molecule has 0 aliphatic carbocycles. The van der Waals surface area contributed by atoms with E-state index >= 15 is 0 Å². The van der Waals surface area contributed by atoms with Crippen molar-refractivity contribution in [2.24, 2.45) is 0 Å². The van der Waals surface area contributed by atoms with Crippen LogP contribution in [0.2, 0.25) is 0 Å². The van der Waals surface area contributed by atoms with Crippen molar-refractivity contribution in [3.63, 3.8) is 0 Å². The normalized spacial score (nSPS) is 15.6. The highest BCUT2D eigenvalue weighted by molar-refractivity contribution is 8.76. The number of anilines is 2. The van der Waals surface area contributed by atoms with Crippen LogP contribution in [0.4, 0.5) is 11.4 Å². The molecular formula is C41H48N4S2+2. The van der Waals surface area contributed by atoms with Crippen molar-refractivity contribution in [2.45, 2.75) is 65.0 Å². The summed E-state index contributed by atoms with van der Waals surface area (Å²) in [6.45, 7) is 7.81. The molecular weight excluding hydrogens is 613 g/mol. The third kappa shape index (κ3) is 7.81. The number of aromatic nitrogens is 2. The van der Waals surface area contributed by atoms with Crippen LogP contribution in [0, 0.1) is 0 Å². The maximum atomic E-state index is 3.63. The number of nitrogens with zero attached hydrogens (tertiary/aromatic N) is 3. The Hall–Kier alpha value is -3.48. The molecule has 0 atom stereocenters. The summed E-state index contributed by atoms with van der Waals surface area (Å²) in [5.41, 5.74) is 14.1. The van der Waals surface area contributed by atoms with E-state index < -0.39 is 0 Å². The summed E-state index contributed by atoms with van der Waals surface area (Å²) in [7, 11) is 3.96. The van der Waals surface area contributed by atoms with Crippen molar-refractivity contribution in [3.8, 4) is 0 Å². The molecule has 47 heavy (non-hydrogen) atoms. The van der Waals surface area contributed by atoms with Crippen molar-refractivity contribution >= 4 is 57.3 Å². The van der Waals surface area contributed by atoms with Crippen molar-refractivity contribution in [2.75, 3.05) is 41.4 Å². The van der Waals surface area contributed by atoms with Gasteiger partial charge in [0, 0.05) is 67.4 Å². The van der Waals surface area contributed by atoms with Crippen molar-refractivity contribution in [1.82, 2.24) is 0 Å². The minimum atomic E-state index is 0.999. The minimum absolute atomic E-state index is 0.999. The smallest absolute Gasteiger partial charge is 0.205 e. The second-order valence-electron chi connectivity index (χ2n) is 12.9. The molecule has 242 valence electrons. The third-order valence-corrected chi connectivity index (χ3v) is 12.1. The molecule has 0 saturated heterocycles. The molecule has 4 aromatic rings. The summed E-state index contributed by atoms with van der Waals surface area (Å²) in [6.07, 6.45) is 22.1. The van der Waals surface area contributed by atoms with E-state index in [0.29, 0.717) is 0 Å². The molecule has 3 aliphatic heterocycles. The zero-order valence-corrected chi connectivity index (χ0v) is 29.4. The van der Waals surface area contributed by atoms with Gasteiger partial charge < -0.3 is 10.2 Å². The average molecular weight is 661 g/mol. The van der Waals surface area contributed by atoms with Crippen LogP contribution in [0.1, 0.15) is 71.0 Å². The summed E-state index contributed by atoms with van der Waals surface area (Å²) in [5, 5.41) is 3.63. The summed E-state index contributed by atoms with van der Waals surface area (Å²) in [4.78, 5) is 2.62. The Bertz CT molecular complexity index is 1710. The summed E-state index contributed by atoms with van der Waals surface area (Å²) >= 11 is 0. The fourth-order valence-electron chi connectivity index (χ4n) is 7.45. The van der Waals surface area contributed by atoms with Crippen LogP contribution in [0.3, 0.4) is 0 Å². The van der Waals surface area contributed by atoms with Gasteiger partial charge in [-0.2, -0.15) is 9.13 Å². The van der Waals surface area contributed by atoms with E-state index in [9.17, 15) is 0 Å². The van der Waals surface area contributed by atoms with Gasteiger partial charge in [0.05, 0.1) is 11.5 Å². The highest BCUT2D eigenvalue weighted by Crippen LogP contribution is 2.36. The van der Waals surface area contributed by atoms with Gasteiger partial charge in [0.25, 0.3) is 0 Å². The molecule has 2 aromatic heterocycles. The van der Waals surface area contributed by atoms with Gasteiger partial charge in [-0.05, 0) is 127 Å². The van der Waals surface area contributed by atoms with Gasteiger partial charge >= 0.3 is 0 Å². The molecule has 0 amide bonds. The molecule has 3 aliphatic rings. The quantitative estimate of drug-likeness (QED) is 0.0938. The molecule has 0 fully saturated rings. The second-order valence-corrected chi connectivity index (χ2v) is 15.6. The predicted molar refractivity (Wildman–Crippen MR) is 204 cm³/mol. The maximum absolute atomic E-state index is 3.63. The lowest BCUT2D eigenvalue weighted by Gasteiger charge is -2.37. The van der Waals surface area contributed by atoms with Crippen LogP contribution in [0.25, 0.3) is 24.3 Å². The largest absolute Gasteiger partial charge is 0.385 e. The molecule has 2 aromatic carbocycles. The SMILES string of the molecule is CCc1cc(C=Cc2cccc[n+]2CCSSCC[n+]2ccccc2C=Cc2cc3c4c(c2)CCCN4CCC3)cc2c1NCCC2. The van der Waals surface area contributed by atoms with Crippen LogP contribution in [-0.2, 0) is 38.8 Å². The van der Waals surface area contributed by atoms with E-state index in [4.69, 9.17) is 0 Å². The number of pyridine rings is 2. The van der Waals surface area contributed by atoms with E-state index in [2.05, 4.69) is 124 Å². The molecule has 7 rings (SSSR count). The summed E-state index contributed by atoms with van der Waals surface area (Å²) in [6, 6.07) is 22.7. The fraction of sp³-hybridized carbons (Fsp3) is 0.366. The molecule has 6 heteroatoms. The Balaban J connectivity index is 0.918. The Morgan fingerprint density at radius 2 is 1.28 bits per heavy atom. The van der Waals surface area contributed by atoms with Crippen molar-refractivity contribution in [3.05, 3.63) is 118 Å². The lowest BCUT2D eigenvalue weighted by Crippen LogP contribution is -2.38. The molecule has 0 radical (unpaired) electrons. The number of aryl methyl sites for hydroxylation is 6. The van der Waals surface area contributed by atoms with Crippen LogP contribution < -0.4 is 19.4 Å². The van der Waals surface area contributed by atoms with Gasteiger partial charge in [0.15, 0.2) is 25.5 Å². The molecule has 0 unspecified atom stereocenters. The monoisotopic (exact) mass is 660 g/mol. The van der Waals surface area contributed by atoms with Gasteiger partial charge in [-0.25, -0.2) is 0 Å². The Morgan fingerprint density at radius 1 is 0.702 bits per heavy atom. The summed E-state index contributed by atoms with van der Waals surface area (Å²) in [5.74, 6) is 2.16. The first-order chi connectivity index (χ1) is 23.2. The highest BCUT2D eigenvalue weighted by atomic mass is 33.1. The van der Waals surface area contributed by atoms with Gasteiger partial charge in [-0.15, -0.1) is 0 Å². The van der Waals surface area contributed by atoms with Gasteiger partial charge in [-0.3, -0.25) is 0 Å². The topological polar surface area (TPSA) is 23.0 Å². The molecule has 4 nitrogen and oxygen atoms in total. The van der Waals surface area contributed by atoms with E-state index in [1.54, 1.807) is 16.8 Å². The lowest BCUT2D eigenvalue weighted by atomic mass is 9.90. The standard InChI is InChI=1S/C41H47N4S2/c1-2-34-28-32(29-35-10-7-19-42-40(34)35)15-17-38-13-3-5-20-43(38)24-26-46-47-27-25-44-21-6-4-14-39(44)18-16-33-30-36-11-8-22-45-23-9-12-37(31-33)41(36)45/h3-6,13-18,20-21,28-31H,2,7-12,19,22-27H2,1H3/q+1/p+1. The average Bonchev–Trinajstić information content (AvgIpc) is 3.12. The predicted octanol–water partition coefficient (Wildman–Crippen LogP) is 8.30. The third-order valence-electron chi connectivity index (χ3n) is 9.74. The summed E-state index contributed by atoms with van der Waals surface area (Å²) < 4.78 is 4.77. The number of benzene rings is 2. The van der Waals surface area contributed by atoms with Crippen LogP contribution in [0.5, 0.6) is 0 Å². The zero-order valence-electron chi connectivity index (χ0n) is 27.8. The molecule has 0 saturated carbocycles. The van der Waals surface area contributed by atoms with E-state index in [0.717, 1.165) is 37.6 Å². The number of nitrogens with one attached hydrogen (secondary N) is 1. The Kier molecular flexibility index (Phi) is 10.7. The molecule has 5 heterocycles. The maximum Gasteiger partial charge on any atom is 0.205 e. The van der Waals surface area contributed by atoms with Crippen LogP contribution >= 0.6 is 21.6 Å². The minimum Gasteiger partial charge on any atom is -0.385 e. The highest BCUT2D eigenvalue weighted by Gasteiger charge is 2.24. The molecule has 0 bridgehead atoms. The fourth-order valence-corrected chi connectivity index (χ4v) is 9.39. The van der Waals surface area contributed by atoms with Gasteiger partial charge in [0.1, 0.15) is 0 Å². The van der Waals surface area contributed by atoms with Crippen LogP contribution in [0.15, 0.2) is 73.1 Å². The number of rotatable bonds is 12. The first-order valence-corrected chi connectivity index (χ1v) is 20.1. The molecule has 1 N–H and O–H groups in total. The van der Waals surface area contributed by atoms with Gasteiger partial charge in [0.2, 0.25) is 11.4 Å². The first kappa shape index (κ1) is 32.1. The van der Waals surface area contributed by atoms with E-state index in [-0.39, 0.29) is 0 Å². The second kappa shape index (κ2) is 15.6.